The quantitative estimate of drug-likeness (QED) is 0.920. The van der Waals surface area contributed by atoms with Crippen LogP contribution < -0.4 is 5.69 Å². The largest absolute Gasteiger partial charge is 0.326 e. The van der Waals surface area contributed by atoms with Gasteiger partial charge in [0.15, 0.2) is 0 Å². The molecule has 4 heteroatoms. The summed E-state index contributed by atoms with van der Waals surface area (Å²) in [6.07, 6.45) is 11.1. The van der Waals surface area contributed by atoms with E-state index in [1.165, 1.54) is 45.1 Å². The number of aromatic nitrogens is 2. The second-order valence-electron chi connectivity index (χ2n) is 8.79. The fourth-order valence-corrected chi connectivity index (χ4v) is 5.31. The summed E-state index contributed by atoms with van der Waals surface area (Å²) in [5.41, 5.74) is 2.89. The van der Waals surface area contributed by atoms with Crippen LogP contribution in [0.15, 0.2) is 29.1 Å². The van der Waals surface area contributed by atoms with E-state index in [9.17, 15) is 4.79 Å². The molecule has 3 aliphatic rings. The van der Waals surface area contributed by atoms with E-state index in [0.29, 0.717) is 6.04 Å². The van der Waals surface area contributed by atoms with Crippen LogP contribution in [0, 0.1) is 11.3 Å². The van der Waals surface area contributed by atoms with Crippen LogP contribution >= 0.6 is 0 Å². The van der Waals surface area contributed by atoms with E-state index in [2.05, 4.69) is 16.0 Å². The Morgan fingerprint density at radius 3 is 2.44 bits per heavy atom. The smallest absolute Gasteiger partial charge is 0.306 e. The molecule has 0 atom stereocenters. The zero-order valence-electron chi connectivity index (χ0n) is 15.0. The highest BCUT2D eigenvalue weighted by Gasteiger charge is 2.44. The number of nitrogens with one attached hydrogen (secondary N) is 1. The Labute approximate surface area is 149 Å². The molecule has 1 spiro atoms. The number of hydrogen-bond acceptors (Lipinski definition) is 2. The van der Waals surface area contributed by atoms with Gasteiger partial charge in [-0.2, -0.15) is 0 Å². The number of likely N-dealkylation sites (tertiary alicyclic amines) is 1. The minimum Gasteiger partial charge on any atom is -0.306 e. The van der Waals surface area contributed by atoms with Crippen molar-refractivity contribution in [3.63, 3.8) is 0 Å². The third-order valence-electron chi connectivity index (χ3n) is 7.19. The molecule has 2 heterocycles. The van der Waals surface area contributed by atoms with Gasteiger partial charge in [-0.1, -0.05) is 12.1 Å². The van der Waals surface area contributed by atoms with Crippen molar-refractivity contribution in [2.75, 3.05) is 19.6 Å². The van der Waals surface area contributed by atoms with E-state index in [1.54, 1.807) is 0 Å². The standard InChI is InChI=1S/C21H29N3O/c25-20-22-18-3-1-2-4-19(18)24(20)17-7-13-23(14-8-17)15-16-5-9-21(10-6-16)11-12-21/h1-4,16-17H,5-15H2,(H,22,25). The maximum absolute atomic E-state index is 12.4. The number of piperidine rings is 1. The van der Waals surface area contributed by atoms with Crippen LogP contribution in [0.5, 0.6) is 0 Å². The summed E-state index contributed by atoms with van der Waals surface area (Å²) in [5, 5.41) is 0. The number of hydrogen-bond donors (Lipinski definition) is 1. The van der Waals surface area contributed by atoms with Gasteiger partial charge in [-0.3, -0.25) is 4.57 Å². The topological polar surface area (TPSA) is 41.0 Å². The molecular formula is C21H29N3O. The Morgan fingerprint density at radius 2 is 1.72 bits per heavy atom. The maximum atomic E-state index is 12.4. The van der Waals surface area contributed by atoms with E-state index in [1.807, 2.05) is 22.8 Å². The van der Waals surface area contributed by atoms with Crippen molar-refractivity contribution in [1.82, 2.24) is 14.5 Å². The molecule has 134 valence electrons. The normalized spacial score (nSPS) is 25.0. The zero-order chi connectivity index (χ0) is 16.9. The summed E-state index contributed by atoms with van der Waals surface area (Å²) in [6, 6.07) is 8.42. The van der Waals surface area contributed by atoms with Gasteiger partial charge in [0, 0.05) is 25.7 Å². The van der Waals surface area contributed by atoms with E-state index in [0.717, 1.165) is 48.3 Å². The number of nitrogens with zero attached hydrogens (tertiary/aromatic N) is 2. The van der Waals surface area contributed by atoms with Crippen molar-refractivity contribution < 1.29 is 0 Å². The average Bonchev–Trinajstić information content (AvgIpc) is 3.31. The molecule has 3 fully saturated rings. The number of rotatable bonds is 3. The van der Waals surface area contributed by atoms with Gasteiger partial charge in [0.2, 0.25) is 0 Å². The minimum atomic E-state index is 0.0571. The lowest BCUT2D eigenvalue weighted by Crippen LogP contribution is -2.40. The Morgan fingerprint density at radius 1 is 1.00 bits per heavy atom. The van der Waals surface area contributed by atoms with Gasteiger partial charge < -0.3 is 9.88 Å². The van der Waals surface area contributed by atoms with Crippen LogP contribution in [0.4, 0.5) is 0 Å². The van der Waals surface area contributed by atoms with Gasteiger partial charge in [-0.15, -0.1) is 0 Å². The molecule has 0 bridgehead atoms. The first-order valence-corrected chi connectivity index (χ1v) is 10.1. The lowest BCUT2D eigenvalue weighted by atomic mass is 9.79. The fourth-order valence-electron chi connectivity index (χ4n) is 5.31. The number of fused-ring (bicyclic) bond motifs is 1. The molecule has 0 amide bonds. The predicted octanol–water partition coefficient (Wildman–Crippen LogP) is 3.94. The van der Waals surface area contributed by atoms with Crippen molar-refractivity contribution in [3.8, 4) is 0 Å². The SMILES string of the molecule is O=c1[nH]c2ccccc2n1C1CCN(CC2CCC3(CC2)CC3)CC1. The Balaban J connectivity index is 1.21. The average molecular weight is 339 g/mol. The van der Waals surface area contributed by atoms with Crippen LogP contribution in [-0.4, -0.2) is 34.1 Å². The first-order valence-electron chi connectivity index (χ1n) is 10.1. The highest BCUT2D eigenvalue weighted by atomic mass is 16.1. The molecule has 1 N–H and O–H groups in total. The Hall–Kier alpha value is -1.55. The minimum absolute atomic E-state index is 0.0571. The molecule has 0 radical (unpaired) electrons. The highest BCUT2D eigenvalue weighted by Crippen LogP contribution is 2.57. The number of H-pyrrole nitrogens is 1. The second kappa shape index (κ2) is 6.01. The third kappa shape index (κ3) is 2.95. The van der Waals surface area contributed by atoms with Crippen LogP contribution in [-0.2, 0) is 0 Å². The Bertz CT molecular complexity index is 798. The molecule has 2 saturated carbocycles. The van der Waals surface area contributed by atoms with Crippen molar-refractivity contribution in [2.24, 2.45) is 11.3 Å². The van der Waals surface area contributed by atoms with Gasteiger partial charge in [-0.05, 0) is 74.8 Å². The lowest BCUT2D eigenvalue weighted by molar-refractivity contribution is 0.134. The van der Waals surface area contributed by atoms with Gasteiger partial charge in [0.25, 0.3) is 0 Å². The van der Waals surface area contributed by atoms with Crippen molar-refractivity contribution >= 4 is 11.0 Å². The molecule has 1 saturated heterocycles. The van der Waals surface area contributed by atoms with Crippen LogP contribution in [0.1, 0.15) is 57.4 Å². The predicted molar refractivity (Wildman–Crippen MR) is 101 cm³/mol. The van der Waals surface area contributed by atoms with E-state index >= 15 is 0 Å². The van der Waals surface area contributed by atoms with Crippen molar-refractivity contribution in [1.29, 1.82) is 0 Å². The summed E-state index contributed by atoms with van der Waals surface area (Å²) in [5.74, 6) is 0.915. The monoisotopic (exact) mass is 339 g/mol. The number of aromatic amines is 1. The number of benzene rings is 1. The molecule has 1 aromatic carbocycles. The molecule has 1 aromatic heterocycles. The van der Waals surface area contributed by atoms with Crippen LogP contribution in [0.2, 0.25) is 0 Å². The third-order valence-corrected chi connectivity index (χ3v) is 7.19. The first-order chi connectivity index (χ1) is 12.2. The van der Waals surface area contributed by atoms with Crippen molar-refractivity contribution in [2.45, 2.75) is 57.4 Å². The van der Waals surface area contributed by atoms with Crippen molar-refractivity contribution in [3.05, 3.63) is 34.7 Å². The molecule has 5 rings (SSSR count). The Kier molecular flexibility index (Phi) is 3.77. The lowest BCUT2D eigenvalue weighted by Gasteiger charge is -2.37. The van der Waals surface area contributed by atoms with Gasteiger partial charge in [-0.25, -0.2) is 4.79 Å². The van der Waals surface area contributed by atoms with Gasteiger partial charge >= 0.3 is 5.69 Å². The molecule has 2 aliphatic carbocycles. The molecule has 1 aliphatic heterocycles. The van der Waals surface area contributed by atoms with E-state index in [4.69, 9.17) is 0 Å². The molecule has 2 aromatic rings. The van der Waals surface area contributed by atoms with Crippen LogP contribution in [0.3, 0.4) is 0 Å². The summed E-state index contributed by atoms with van der Waals surface area (Å²) < 4.78 is 2.00. The number of para-hydroxylation sites is 2. The van der Waals surface area contributed by atoms with Gasteiger partial charge in [0.1, 0.15) is 0 Å². The van der Waals surface area contributed by atoms with E-state index < -0.39 is 0 Å². The molecule has 4 nitrogen and oxygen atoms in total. The summed E-state index contributed by atoms with van der Waals surface area (Å²) in [7, 11) is 0. The summed E-state index contributed by atoms with van der Waals surface area (Å²) >= 11 is 0. The highest BCUT2D eigenvalue weighted by molar-refractivity contribution is 5.75. The molecule has 25 heavy (non-hydrogen) atoms. The zero-order valence-corrected chi connectivity index (χ0v) is 15.0. The first kappa shape index (κ1) is 15.7. The maximum Gasteiger partial charge on any atom is 0.326 e. The van der Waals surface area contributed by atoms with Crippen LogP contribution in [0.25, 0.3) is 11.0 Å². The van der Waals surface area contributed by atoms with E-state index in [-0.39, 0.29) is 5.69 Å². The fraction of sp³-hybridized carbons (Fsp3) is 0.667. The summed E-state index contributed by atoms with van der Waals surface area (Å²) in [6.45, 7) is 3.56. The van der Waals surface area contributed by atoms with Gasteiger partial charge in [0.05, 0.1) is 11.0 Å². The molecular weight excluding hydrogens is 310 g/mol. The number of imidazole rings is 1. The summed E-state index contributed by atoms with van der Waals surface area (Å²) in [4.78, 5) is 18.1. The second-order valence-corrected chi connectivity index (χ2v) is 8.79. The molecule has 0 unspecified atom stereocenters.